The summed E-state index contributed by atoms with van der Waals surface area (Å²) in [5, 5.41) is 48.7. The Kier molecular flexibility index (Phi) is 8.43. The first-order valence-electron chi connectivity index (χ1n) is 17.3. The predicted octanol–water partition coefficient (Wildman–Crippen LogP) is 10.2. The van der Waals surface area contributed by atoms with Crippen LogP contribution in [0.2, 0.25) is 0 Å². The Balaban J connectivity index is 1.59. The third-order valence-corrected chi connectivity index (χ3v) is 10.3. The Morgan fingerprint density at radius 2 is 0.580 bits per heavy atom. The van der Waals surface area contributed by atoms with Crippen molar-refractivity contribution in [2.45, 2.75) is 66.2 Å². The maximum Gasteiger partial charge on any atom is 0.123 e. The molecule has 50 heavy (non-hydrogen) atoms. The Morgan fingerprint density at radius 3 is 0.820 bits per heavy atom. The number of hydrogen-bond acceptors (Lipinski definition) is 4. The fourth-order valence-corrected chi connectivity index (χ4v) is 7.94. The van der Waals surface area contributed by atoms with Gasteiger partial charge in [0.05, 0.1) is 0 Å². The fraction of sp³-hybridized carbons (Fsp3) is 0.217. The van der Waals surface area contributed by atoms with Crippen LogP contribution in [0.15, 0.2) is 97.1 Å². The average molecular weight is 661 g/mol. The summed E-state index contributed by atoms with van der Waals surface area (Å²) in [6, 6.07) is 32.4. The molecule has 6 aromatic rings. The highest BCUT2D eigenvalue weighted by Crippen LogP contribution is 2.48. The van der Waals surface area contributed by atoms with Crippen LogP contribution < -0.4 is 0 Å². The Hall–Kier alpha value is -5.48. The van der Waals surface area contributed by atoms with Gasteiger partial charge in [-0.25, -0.2) is 0 Å². The van der Waals surface area contributed by atoms with Crippen molar-refractivity contribution in [3.05, 3.63) is 186 Å². The van der Waals surface area contributed by atoms with Gasteiger partial charge >= 0.3 is 0 Å². The van der Waals surface area contributed by atoms with E-state index in [0.29, 0.717) is 57.3 Å². The molecule has 0 saturated carbocycles. The van der Waals surface area contributed by atoms with Gasteiger partial charge in [0.15, 0.2) is 0 Å². The molecule has 0 fully saturated rings. The molecule has 0 saturated heterocycles. The normalized spacial score (nSPS) is 15.6. The first kappa shape index (κ1) is 33.0. The van der Waals surface area contributed by atoms with E-state index in [4.69, 9.17) is 0 Å². The van der Waals surface area contributed by atoms with Gasteiger partial charge in [0.1, 0.15) is 23.0 Å². The van der Waals surface area contributed by atoms with Crippen molar-refractivity contribution in [3.8, 4) is 23.0 Å². The van der Waals surface area contributed by atoms with E-state index in [0.717, 1.165) is 44.5 Å². The second-order valence-electron chi connectivity index (χ2n) is 14.5. The summed E-state index contributed by atoms with van der Waals surface area (Å²) in [4.78, 5) is 0. The highest BCUT2D eigenvalue weighted by Gasteiger charge is 2.30. The van der Waals surface area contributed by atoms with Crippen molar-refractivity contribution < 1.29 is 20.4 Å². The molecule has 0 aliphatic heterocycles. The number of aryl methyl sites for hydroxylation is 6. The molecule has 0 amide bonds. The van der Waals surface area contributed by atoms with E-state index in [9.17, 15) is 20.4 Å². The molecule has 252 valence electrons. The van der Waals surface area contributed by atoms with Crippen LogP contribution in [-0.2, 0) is 12.8 Å². The molecule has 0 atom stereocenters. The van der Waals surface area contributed by atoms with E-state index in [1.165, 1.54) is 0 Å². The zero-order valence-electron chi connectivity index (χ0n) is 29.6. The summed E-state index contributed by atoms with van der Waals surface area (Å²) in [5.74, 6) is -0.373. The van der Waals surface area contributed by atoms with Gasteiger partial charge in [-0.15, -0.1) is 0 Å². The number of phenols is 4. The zero-order chi connectivity index (χ0) is 35.4. The molecule has 7 rings (SSSR count). The van der Waals surface area contributed by atoms with Crippen LogP contribution in [0.25, 0.3) is 0 Å². The highest BCUT2D eigenvalue weighted by atomic mass is 16.3. The van der Waals surface area contributed by atoms with Crippen LogP contribution in [0.3, 0.4) is 0 Å². The van der Waals surface area contributed by atoms with E-state index in [2.05, 4.69) is 48.5 Å². The fourth-order valence-electron chi connectivity index (χ4n) is 7.94. The minimum atomic E-state index is -0.477. The van der Waals surface area contributed by atoms with Crippen molar-refractivity contribution >= 4 is 0 Å². The standard InChI is InChI=1S/C46H44O4/c1-25-7-11-31(12-8-25)41-37-19-27(3)15-33(43(37)47)23-35-17-29(5)21-39(45(35)49)42(32-13-9-26(2)10-14-32)40-22-30(6)18-36(46(40)50)24-34-16-28(4)20-38(41)44(34)48/h7-22,41-42,47-50H,23-24H2,1-6H3. The number of hydrogen-bond donors (Lipinski definition) is 4. The van der Waals surface area contributed by atoms with Crippen molar-refractivity contribution in [2.75, 3.05) is 0 Å². The van der Waals surface area contributed by atoms with Crippen molar-refractivity contribution in [3.63, 3.8) is 0 Å². The summed E-state index contributed by atoms with van der Waals surface area (Å²) in [5.41, 5.74) is 13.5. The van der Waals surface area contributed by atoms with Crippen LogP contribution >= 0.6 is 0 Å². The molecule has 1 aliphatic rings. The minimum absolute atomic E-state index is 0.145. The molecular weight excluding hydrogens is 617 g/mol. The summed E-state index contributed by atoms with van der Waals surface area (Å²) in [6.07, 6.45) is 0.580. The summed E-state index contributed by atoms with van der Waals surface area (Å²) in [7, 11) is 0. The predicted molar refractivity (Wildman–Crippen MR) is 201 cm³/mol. The summed E-state index contributed by atoms with van der Waals surface area (Å²) < 4.78 is 0. The van der Waals surface area contributed by atoms with Gasteiger partial charge in [-0.05, 0) is 74.9 Å². The number of fused-ring (bicyclic) bond motifs is 8. The van der Waals surface area contributed by atoms with Gasteiger partial charge in [0, 0.05) is 46.9 Å². The molecule has 0 spiro atoms. The molecule has 4 heteroatoms. The number of aromatic hydroxyl groups is 4. The molecule has 1 aliphatic carbocycles. The second-order valence-corrected chi connectivity index (χ2v) is 14.5. The van der Waals surface area contributed by atoms with Gasteiger partial charge in [-0.1, -0.05) is 130 Å². The quantitative estimate of drug-likeness (QED) is 0.149. The minimum Gasteiger partial charge on any atom is -0.507 e. The van der Waals surface area contributed by atoms with Gasteiger partial charge in [0.25, 0.3) is 0 Å². The van der Waals surface area contributed by atoms with E-state index < -0.39 is 11.8 Å². The number of rotatable bonds is 2. The highest BCUT2D eigenvalue weighted by molar-refractivity contribution is 5.63. The molecule has 6 aromatic carbocycles. The van der Waals surface area contributed by atoms with Crippen LogP contribution in [0.1, 0.15) is 101 Å². The zero-order valence-corrected chi connectivity index (χ0v) is 29.6. The van der Waals surface area contributed by atoms with Crippen LogP contribution in [0, 0.1) is 41.5 Å². The SMILES string of the molecule is Cc1ccc(C2c3cc(C)cc(c3O)Cc3cc(C)cc(c3O)C(c3ccc(C)cc3)c3cc(C)cc(c3O)Cc3cc(C)cc2c3O)cc1. The maximum absolute atomic E-state index is 12.2. The maximum atomic E-state index is 12.2. The molecule has 0 heterocycles. The molecule has 0 unspecified atom stereocenters. The number of phenolic OH excluding ortho intramolecular Hbond substituents is 4. The van der Waals surface area contributed by atoms with Gasteiger partial charge < -0.3 is 20.4 Å². The Morgan fingerprint density at radius 1 is 0.340 bits per heavy atom. The first-order valence-corrected chi connectivity index (χ1v) is 17.3. The lowest BCUT2D eigenvalue weighted by Gasteiger charge is -2.27. The molecule has 0 radical (unpaired) electrons. The lowest BCUT2D eigenvalue weighted by molar-refractivity contribution is 0.446. The van der Waals surface area contributed by atoms with Crippen molar-refractivity contribution in [1.82, 2.24) is 0 Å². The Bertz CT molecular complexity index is 1980. The second kappa shape index (κ2) is 12.8. The smallest absolute Gasteiger partial charge is 0.123 e. The number of benzene rings is 6. The van der Waals surface area contributed by atoms with E-state index >= 15 is 0 Å². The van der Waals surface area contributed by atoms with Gasteiger partial charge in [-0.3, -0.25) is 0 Å². The lowest BCUT2D eigenvalue weighted by Crippen LogP contribution is -2.10. The molecule has 8 bridgehead atoms. The molecule has 4 N–H and O–H groups in total. The van der Waals surface area contributed by atoms with E-state index in [1.54, 1.807) is 0 Å². The van der Waals surface area contributed by atoms with Crippen LogP contribution in [0.4, 0.5) is 0 Å². The first-order chi connectivity index (χ1) is 23.9. The van der Waals surface area contributed by atoms with Crippen LogP contribution in [0.5, 0.6) is 23.0 Å². The summed E-state index contributed by atoms with van der Waals surface area (Å²) in [6.45, 7) is 12.2. The largest absolute Gasteiger partial charge is 0.507 e. The van der Waals surface area contributed by atoms with Gasteiger partial charge in [-0.2, -0.15) is 0 Å². The molecule has 0 aromatic heterocycles. The molecule has 4 nitrogen and oxygen atoms in total. The van der Waals surface area contributed by atoms with Gasteiger partial charge in [0.2, 0.25) is 0 Å². The third kappa shape index (κ3) is 6.00. The third-order valence-electron chi connectivity index (χ3n) is 10.3. The summed E-state index contributed by atoms with van der Waals surface area (Å²) >= 11 is 0. The molecular formula is C46H44O4. The van der Waals surface area contributed by atoms with Crippen molar-refractivity contribution in [1.29, 1.82) is 0 Å². The van der Waals surface area contributed by atoms with Crippen molar-refractivity contribution in [2.24, 2.45) is 0 Å². The average Bonchev–Trinajstić information content (AvgIpc) is 3.07. The Labute approximate surface area is 295 Å². The lowest BCUT2D eigenvalue weighted by atomic mass is 9.78. The van der Waals surface area contributed by atoms with E-state index in [1.807, 2.05) is 90.1 Å². The van der Waals surface area contributed by atoms with Crippen LogP contribution in [-0.4, -0.2) is 20.4 Å². The topological polar surface area (TPSA) is 80.9 Å². The monoisotopic (exact) mass is 660 g/mol. The van der Waals surface area contributed by atoms with E-state index in [-0.39, 0.29) is 23.0 Å².